The third-order valence-electron chi connectivity index (χ3n) is 15.4. The Kier molecular flexibility index (Phi) is 9.30. The van der Waals surface area contributed by atoms with Gasteiger partial charge in [0, 0.05) is 74.3 Å². The molecule has 5 heterocycles. The van der Waals surface area contributed by atoms with E-state index in [-0.39, 0.29) is 18.9 Å². The van der Waals surface area contributed by atoms with Crippen LogP contribution in [0.25, 0.3) is 73.7 Å². The molecule has 0 atom stereocenters. The third kappa shape index (κ3) is 6.58. The number of hydrogen-bond donors (Lipinski definition) is 0. The number of ether oxygens (including phenoxy) is 2. The number of hydrogen-bond acceptors (Lipinski definition) is 6. The fourth-order valence-electron chi connectivity index (χ4n) is 12.0. The van der Waals surface area contributed by atoms with Gasteiger partial charge in [0.25, 0.3) is 6.71 Å². The van der Waals surface area contributed by atoms with Gasteiger partial charge in [-0.15, -0.1) is 22.7 Å². The van der Waals surface area contributed by atoms with Crippen molar-refractivity contribution >= 4 is 120 Å². The summed E-state index contributed by atoms with van der Waals surface area (Å²) in [5.41, 5.74) is 20.0. The molecule has 3 aliphatic heterocycles. The van der Waals surface area contributed by atoms with Crippen LogP contribution in [-0.2, 0) is 5.41 Å². The summed E-state index contributed by atoms with van der Waals surface area (Å²) in [4.78, 5) is 5.02. The Morgan fingerprint density at radius 1 is 0.452 bits per heavy atom. The van der Waals surface area contributed by atoms with Crippen molar-refractivity contribution in [1.82, 2.24) is 0 Å². The van der Waals surface area contributed by atoms with Crippen LogP contribution >= 0.6 is 22.7 Å². The lowest BCUT2D eigenvalue weighted by Crippen LogP contribution is -2.61. The number of aryl methyl sites for hydroxylation is 1. The molecular formula is C66H47BN2O2S2. The second kappa shape index (κ2) is 16.0. The summed E-state index contributed by atoms with van der Waals surface area (Å²) in [6, 6.07) is 75.0. The molecule has 3 aliphatic rings. The molecule has 7 heteroatoms. The number of benzene rings is 10. The summed E-state index contributed by atoms with van der Waals surface area (Å²) in [5.74, 6) is 1.52. The smallest absolute Gasteiger partial charge is 0.252 e. The molecule has 0 bridgehead atoms. The van der Waals surface area contributed by atoms with E-state index in [2.05, 4.69) is 238 Å². The van der Waals surface area contributed by atoms with E-state index in [4.69, 9.17) is 9.47 Å². The van der Waals surface area contributed by atoms with Crippen molar-refractivity contribution in [3.05, 3.63) is 211 Å². The van der Waals surface area contributed by atoms with Gasteiger partial charge < -0.3 is 19.3 Å². The van der Waals surface area contributed by atoms with Crippen LogP contribution in [0.3, 0.4) is 0 Å². The van der Waals surface area contributed by atoms with Gasteiger partial charge in [0.05, 0.1) is 0 Å². The quantitative estimate of drug-likeness (QED) is 0.160. The van der Waals surface area contributed by atoms with E-state index in [1.807, 2.05) is 22.7 Å². The molecule has 0 amide bonds. The highest BCUT2D eigenvalue weighted by Gasteiger charge is 2.45. The van der Waals surface area contributed by atoms with Crippen molar-refractivity contribution in [3.8, 4) is 44.9 Å². The van der Waals surface area contributed by atoms with E-state index in [0.29, 0.717) is 0 Å². The Morgan fingerprint density at radius 2 is 1.01 bits per heavy atom. The Balaban J connectivity index is 0.975. The van der Waals surface area contributed by atoms with Gasteiger partial charge in [0.2, 0.25) is 6.79 Å². The molecule has 0 spiro atoms. The fourth-order valence-corrected chi connectivity index (χ4v) is 14.2. The lowest BCUT2D eigenvalue weighted by molar-refractivity contribution is 0.174. The molecule has 2 aromatic heterocycles. The second-order valence-electron chi connectivity index (χ2n) is 20.8. The summed E-state index contributed by atoms with van der Waals surface area (Å²) in [6.07, 6.45) is 0. The van der Waals surface area contributed by atoms with Crippen LogP contribution in [0, 0.1) is 6.92 Å². The lowest BCUT2D eigenvalue weighted by Gasteiger charge is -2.45. The molecule has 12 aromatic rings. The van der Waals surface area contributed by atoms with Crippen molar-refractivity contribution in [1.29, 1.82) is 0 Å². The van der Waals surface area contributed by atoms with E-state index in [0.717, 1.165) is 45.4 Å². The summed E-state index contributed by atoms with van der Waals surface area (Å²) in [6.45, 7) is 9.30. The molecule has 348 valence electrons. The van der Waals surface area contributed by atoms with Crippen molar-refractivity contribution in [2.45, 2.75) is 33.1 Å². The summed E-state index contributed by atoms with van der Waals surface area (Å²) < 4.78 is 18.0. The Morgan fingerprint density at radius 3 is 1.71 bits per heavy atom. The minimum absolute atomic E-state index is 0.0835. The number of rotatable bonds is 5. The van der Waals surface area contributed by atoms with E-state index in [9.17, 15) is 0 Å². The second-order valence-corrected chi connectivity index (χ2v) is 23.0. The van der Waals surface area contributed by atoms with E-state index < -0.39 is 0 Å². The number of anilines is 6. The van der Waals surface area contributed by atoms with Crippen molar-refractivity contribution in [3.63, 3.8) is 0 Å². The molecule has 10 aromatic carbocycles. The molecule has 15 rings (SSSR count). The average Bonchev–Trinajstić information content (AvgIpc) is 4.16. The molecule has 0 fully saturated rings. The molecule has 0 N–H and O–H groups in total. The van der Waals surface area contributed by atoms with Crippen molar-refractivity contribution < 1.29 is 9.47 Å². The fraction of sp³-hybridized carbons (Fsp3) is 0.0909. The summed E-state index contributed by atoms with van der Waals surface area (Å²) in [5, 5.41) is 5.26. The topological polar surface area (TPSA) is 24.9 Å². The van der Waals surface area contributed by atoms with Gasteiger partial charge in [-0.25, -0.2) is 0 Å². The van der Waals surface area contributed by atoms with Crippen LogP contribution in [-0.4, -0.2) is 13.5 Å². The molecule has 0 aliphatic carbocycles. The Labute approximate surface area is 433 Å². The third-order valence-corrected chi connectivity index (χ3v) is 17.7. The molecule has 0 saturated heterocycles. The first kappa shape index (κ1) is 42.6. The predicted molar refractivity (Wildman–Crippen MR) is 312 cm³/mol. The van der Waals surface area contributed by atoms with E-state index in [1.165, 1.54) is 101 Å². The summed E-state index contributed by atoms with van der Waals surface area (Å²) in [7, 11) is 0. The number of thiophene rings is 2. The maximum absolute atomic E-state index is 6.56. The van der Waals surface area contributed by atoms with Gasteiger partial charge in [-0.2, -0.15) is 0 Å². The van der Waals surface area contributed by atoms with Crippen molar-refractivity contribution in [2.24, 2.45) is 0 Å². The summed E-state index contributed by atoms with van der Waals surface area (Å²) >= 11 is 3.74. The van der Waals surface area contributed by atoms with Gasteiger partial charge >= 0.3 is 0 Å². The van der Waals surface area contributed by atoms with Crippen LogP contribution < -0.4 is 35.7 Å². The lowest BCUT2D eigenvalue weighted by atomic mass is 9.33. The van der Waals surface area contributed by atoms with E-state index in [1.54, 1.807) is 0 Å². The molecule has 0 saturated carbocycles. The molecule has 73 heavy (non-hydrogen) atoms. The van der Waals surface area contributed by atoms with Gasteiger partial charge in [-0.1, -0.05) is 148 Å². The first-order valence-electron chi connectivity index (χ1n) is 25.2. The molecular weight excluding hydrogens is 928 g/mol. The molecule has 4 nitrogen and oxygen atoms in total. The van der Waals surface area contributed by atoms with Crippen LogP contribution in [0.1, 0.15) is 31.9 Å². The van der Waals surface area contributed by atoms with Crippen LogP contribution in [0.4, 0.5) is 34.1 Å². The highest BCUT2D eigenvalue weighted by atomic mass is 32.1. The predicted octanol–water partition coefficient (Wildman–Crippen LogP) is 16.8. The standard InChI is InChI=1S/C66H47BN2O2S2/c1-39-32-56-63-57(33-39)69(64-47(41-12-6-5-7-13-41)28-31-58-65(64)71-38-70-58)55-30-23-45(66(2,3)4)37-53(55)67(63)52-34-42(44-21-27-51-49-15-9-11-17-60(49)73-62(51)36-44)22-29-54(52)68(56)46-24-18-40(19-25-46)43-20-26-50-48-14-8-10-16-59(48)72-61(50)35-43/h5-37H,38H2,1-4H3. The highest BCUT2D eigenvalue weighted by Crippen LogP contribution is 2.54. The Bertz CT molecular complexity index is 4260. The first-order valence-corrected chi connectivity index (χ1v) is 26.8. The number of fused-ring (bicyclic) bond motifs is 11. The number of nitrogens with zero attached hydrogens (tertiary/aromatic N) is 2. The minimum Gasteiger partial charge on any atom is -0.454 e. The largest absolute Gasteiger partial charge is 0.454 e. The van der Waals surface area contributed by atoms with Crippen LogP contribution in [0.15, 0.2) is 200 Å². The van der Waals surface area contributed by atoms with Gasteiger partial charge in [0.1, 0.15) is 5.69 Å². The average molecular weight is 975 g/mol. The van der Waals surface area contributed by atoms with Crippen LogP contribution in [0.5, 0.6) is 11.5 Å². The monoisotopic (exact) mass is 974 g/mol. The SMILES string of the molecule is Cc1cc2c3c(c1)N(c1c(-c4ccccc4)ccc4c1OCO4)c1ccc(C(C)(C)C)cc1B3c1cc(-c3ccc4c(c3)sc3ccccc34)ccc1N2c1ccc(-c2ccc3c(c2)sc2ccccc23)cc1. The first-order chi connectivity index (χ1) is 35.7. The zero-order valence-electron chi connectivity index (χ0n) is 40.9. The van der Waals surface area contributed by atoms with E-state index >= 15 is 0 Å². The Hall–Kier alpha value is -8.10. The van der Waals surface area contributed by atoms with Crippen molar-refractivity contribution in [2.75, 3.05) is 16.6 Å². The zero-order chi connectivity index (χ0) is 48.7. The maximum Gasteiger partial charge on any atom is 0.252 e. The molecule has 0 radical (unpaired) electrons. The van der Waals surface area contributed by atoms with Crippen LogP contribution in [0.2, 0.25) is 0 Å². The van der Waals surface area contributed by atoms with Gasteiger partial charge in [0.15, 0.2) is 11.5 Å². The normalized spacial score (nSPS) is 13.6. The maximum atomic E-state index is 6.56. The minimum atomic E-state index is -0.0926. The van der Waals surface area contributed by atoms with Gasteiger partial charge in [-0.3, -0.25) is 0 Å². The molecule has 0 unspecified atom stereocenters. The highest BCUT2D eigenvalue weighted by molar-refractivity contribution is 7.26. The zero-order valence-corrected chi connectivity index (χ0v) is 42.5. The van der Waals surface area contributed by atoms with Gasteiger partial charge in [-0.05, 0) is 140 Å².